The number of H-pyrrole nitrogens is 1. The van der Waals surface area contributed by atoms with Gasteiger partial charge in [-0.3, -0.25) is 14.5 Å². The molecule has 0 amide bonds. The van der Waals surface area contributed by atoms with Crippen LogP contribution in [0.5, 0.6) is 0 Å². The average Bonchev–Trinajstić information content (AvgIpc) is 3.26. The van der Waals surface area contributed by atoms with Gasteiger partial charge in [0.1, 0.15) is 11.5 Å². The first kappa shape index (κ1) is 24.2. The second-order valence-electron chi connectivity index (χ2n) is 7.55. The van der Waals surface area contributed by atoms with Gasteiger partial charge >= 0.3 is 0 Å². The number of carbonyl (C=O) groups is 1. The Morgan fingerprint density at radius 1 is 1.23 bits per heavy atom. The molecule has 8 nitrogen and oxygen atoms in total. The molecule has 2 aromatic carbocycles. The van der Waals surface area contributed by atoms with Gasteiger partial charge in [-0.15, -0.1) is 0 Å². The molecule has 2 aromatic heterocycles. The molecule has 0 aliphatic carbocycles. The highest BCUT2D eigenvalue weighted by atomic mass is 35.5. The summed E-state index contributed by atoms with van der Waals surface area (Å²) >= 11 is 5.89. The zero-order chi connectivity index (χ0) is 25.2. The van der Waals surface area contributed by atoms with Crippen LogP contribution in [0.25, 0.3) is 11.0 Å². The van der Waals surface area contributed by atoms with Crippen LogP contribution in [0.2, 0.25) is 5.02 Å². The number of anilines is 1. The van der Waals surface area contributed by atoms with Crippen molar-refractivity contribution >= 4 is 56.6 Å². The Morgan fingerprint density at radius 3 is 2.74 bits per heavy atom. The number of hydrogen-bond donors (Lipinski definition) is 3. The molecule has 0 fully saturated rings. The number of fused-ring (bicyclic) bond motifs is 1. The van der Waals surface area contributed by atoms with Crippen LogP contribution in [0.4, 0.5) is 10.1 Å². The lowest BCUT2D eigenvalue weighted by atomic mass is 9.99. The summed E-state index contributed by atoms with van der Waals surface area (Å²) in [6, 6.07) is 10.7. The van der Waals surface area contributed by atoms with E-state index in [9.17, 15) is 17.6 Å². The molecule has 11 heteroatoms. The molecule has 1 atom stereocenters. The molecule has 4 rings (SSSR count). The van der Waals surface area contributed by atoms with Crippen molar-refractivity contribution in [3.8, 4) is 0 Å². The summed E-state index contributed by atoms with van der Waals surface area (Å²) in [4.78, 5) is 24.3. The molecule has 0 aliphatic rings. The normalized spacial score (nSPS) is 12.7. The average molecular weight is 512 g/mol. The number of pyridine rings is 1. The predicted molar refractivity (Wildman–Crippen MR) is 134 cm³/mol. The molecule has 0 bridgehead atoms. The number of hydrogen-bond acceptors (Lipinski definition) is 6. The van der Waals surface area contributed by atoms with Crippen LogP contribution in [0.15, 0.2) is 70.8 Å². The minimum atomic E-state index is -4.02. The molecule has 2 heterocycles. The van der Waals surface area contributed by atoms with E-state index in [0.717, 1.165) is 12.1 Å². The van der Waals surface area contributed by atoms with E-state index >= 15 is 0 Å². The maximum absolute atomic E-state index is 14.7. The summed E-state index contributed by atoms with van der Waals surface area (Å²) in [5.74, 6) is -1.91. The lowest BCUT2D eigenvalue weighted by molar-refractivity contribution is 0.103. The van der Waals surface area contributed by atoms with Crippen LogP contribution >= 0.6 is 11.6 Å². The molecule has 1 unspecified atom stereocenters. The number of ketones is 1. The quantitative estimate of drug-likeness (QED) is 0.231. The van der Waals surface area contributed by atoms with Crippen LogP contribution < -0.4 is 4.72 Å². The minimum Gasteiger partial charge on any atom is -0.345 e. The molecule has 0 spiro atoms. The number of aromatic nitrogens is 2. The van der Waals surface area contributed by atoms with Gasteiger partial charge in [-0.1, -0.05) is 17.7 Å². The van der Waals surface area contributed by atoms with Crippen LogP contribution in [0.3, 0.4) is 0 Å². The number of halogens is 2. The highest BCUT2D eigenvalue weighted by molar-refractivity contribution is 7.92. The Kier molecular flexibility index (Phi) is 6.77. The fraction of sp³-hybridized carbons (Fsp3) is 0.0833. The van der Waals surface area contributed by atoms with Crippen LogP contribution in [0, 0.1) is 11.2 Å². The molecule has 0 radical (unpaired) electrons. The largest absolute Gasteiger partial charge is 0.345 e. The van der Waals surface area contributed by atoms with Gasteiger partial charge in [0.05, 0.1) is 16.4 Å². The van der Waals surface area contributed by atoms with E-state index in [0.29, 0.717) is 16.6 Å². The Hall–Kier alpha value is -3.89. The fourth-order valence-corrected chi connectivity index (χ4v) is 4.88. The van der Waals surface area contributed by atoms with Gasteiger partial charge in [0, 0.05) is 53.5 Å². The summed E-state index contributed by atoms with van der Waals surface area (Å²) in [6.07, 6.45) is 5.74. The Bertz CT molecular complexity index is 1580. The minimum absolute atomic E-state index is 0.0106. The van der Waals surface area contributed by atoms with Crippen molar-refractivity contribution in [1.82, 2.24) is 9.97 Å². The molecular weight excluding hydrogens is 493 g/mol. The molecule has 0 saturated carbocycles. The van der Waals surface area contributed by atoms with Crippen LogP contribution in [0.1, 0.15) is 27.4 Å². The van der Waals surface area contributed by atoms with E-state index in [1.165, 1.54) is 42.7 Å². The van der Waals surface area contributed by atoms with Crippen molar-refractivity contribution in [2.45, 2.75) is 10.8 Å². The lowest BCUT2D eigenvalue weighted by Crippen LogP contribution is -2.14. The highest BCUT2D eigenvalue weighted by Crippen LogP contribution is 2.27. The molecule has 35 heavy (non-hydrogen) atoms. The topological polar surface area (TPSA) is 128 Å². The van der Waals surface area contributed by atoms with Crippen molar-refractivity contribution < 1.29 is 17.6 Å². The zero-order valence-corrected chi connectivity index (χ0v) is 19.9. The molecule has 4 aromatic rings. The third-order valence-corrected chi connectivity index (χ3v) is 6.85. The van der Waals surface area contributed by atoms with Gasteiger partial charge in [0.15, 0.2) is 5.78 Å². The summed E-state index contributed by atoms with van der Waals surface area (Å²) < 4.78 is 42.5. The second-order valence-corrected chi connectivity index (χ2v) is 9.67. The lowest BCUT2D eigenvalue weighted by Gasteiger charge is -2.10. The van der Waals surface area contributed by atoms with Crippen molar-refractivity contribution in [2.75, 3.05) is 11.8 Å². The first-order valence-corrected chi connectivity index (χ1v) is 12.1. The van der Waals surface area contributed by atoms with E-state index in [4.69, 9.17) is 17.0 Å². The van der Waals surface area contributed by atoms with Crippen LogP contribution in [-0.4, -0.2) is 43.6 Å². The van der Waals surface area contributed by atoms with E-state index in [1.54, 1.807) is 25.5 Å². The smallest absolute Gasteiger partial charge is 0.261 e. The summed E-state index contributed by atoms with van der Waals surface area (Å²) in [7, 11) is -2.43. The maximum atomic E-state index is 14.7. The summed E-state index contributed by atoms with van der Waals surface area (Å²) in [5, 5.41) is 8.29. The number of aliphatic imine (C=N–C) groups is 1. The monoisotopic (exact) mass is 511 g/mol. The molecule has 3 N–H and O–H groups in total. The second kappa shape index (κ2) is 9.77. The number of nitrogens with one attached hydrogen (secondary N) is 3. The zero-order valence-electron chi connectivity index (χ0n) is 18.3. The van der Waals surface area contributed by atoms with Crippen LogP contribution in [-0.2, 0) is 10.0 Å². The molecule has 0 saturated heterocycles. The standard InChI is InChI=1S/C24H19ClFN5O3S/c1-28-11-15(10-27)14-7-19-21(13-30-24(19)29-12-14)23(32)20-9-17(5-6-22(20)26)31-35(33,34)18-4-2-3-16(25)8-18/h2-13,15,27,31H,1H3,(H,29,30). The van der Waals surface area contributed by atoms with Gasteiger partial charge in [0.2, 0.25) is 0 Å². The number of rotatable bonds is 8. The Morgan fingerprint density at radius 2 is 2.03 bits per heavy atom. The van der Waals surface area contributed by atoms with Gasteiger partial charge < -0.3 is 10.4 Å². The van der Waals surface area contributed by atoms with Gasteiger partial charge in [-0.25, -0.2) is 17.8 Å². The van der Waals surface area contributed by atoms with Gasteiger partial charge in [0.25, 0.3) is 10.0 Å². The molecular formula is C24H19ClFN5O3S. The first-order chi connectivity index (χ1) is 16.7. The number of aromatic amines is 1. The van der Waals surface area contributed by atoms with Gasteiger partial charge in [-0.2, -0.15) is 0 Å². The van der Waals surface area contributed by atoms with E-state index < -0.39 is 27.5 Å². The van der Waals surface area contributed by atoms with Gasteiger partial charge in [-0.05, 0) is 48.0 Å². The van der Waals surface area contributed by atoms with E-state index in [2.05, 4.69) is 19.7 Å². The van der Waals surface area contributed by atoms with Crippen molar-refractivity contribution in [3.05, 3.63) is 88.5 Å². The predicted octanol–water partition coefficient (Wildman–Crippen LogP) is 4.82. The summed E-state index contributed by atoms with van der Waals surface area (Å²) in [5.41, 5.74) is 0.890. The first-order valence-electron chi connectivity index (χ1n) is 10.3. The molecule has 0 aliphatic heterocycles. The van der Waals surface area contributed by atoms with E-state index in [1.807, 2.05) is 0 Å². The number of sulfonamides is 1. The van der Waals surface area contributed by atoms with Crippen molar-refractivity contribution in [1.29, 1.82) is 5.41 Å². The number of carbonyl (C=O) groups excluding carboxylic acids is 1. The summed E-state index contributed by atoms with van der Waals surface area (Å²) in [6.45, 7) is 0. The number of benzene rings is 2. The third kappa shape index (κ3) is 4.98. The Labute approximate surface area is 205 Å². The Balaban J connectivity index is 1.71. The maximum Gasteiger partial charge on any atom is 0.261 e. The van der Waals surface area contributed by atoms with E-state index in [-0.39, 0.29) is 26.7 Å². The number of nitrogens with zero attached hydrogens (tertiary/aromatic N) is 2. The van der Waals surface area contributed by atoms with Crippen molar-refractivity contribution in [2.24, 2.45) is 4.99 Å². The third-order valence-electron chi connectivity index (χ3n) is 5.24. The fourth-order valence-electron chi connectivity index (χ4n) is 3.53. The molecule has 178 valence electrons. The highest BCUT2D eigenvalue weighted by Gasteiger charge is 2.22. The van der Waals surface area contributed by atoms with Crippen molar-refractivity contribution in [3.63, 3.8) is 0 Å². The SMILES string of the molecule is CN=CC(C=N)c1cnc2[nH]cc(C(=O)c3cc(NS(=O)(=O)c4cccc(Cl)c4)ccc3F)c2c1.